The van der Waals surface area contributed by atoms with E-state index in [1.54, 1.807) is 0 Å². The third-order valence-corrected chi connectivity index (χ3v) is 4.00. The molecule has 1 aromatic carbocycles. The van der Waals surface area contributed by atoms with Crippen LogP contribution >= 0.6 is 12.4 Å². The number of benzene rings is 1. The molecule has 0 radical (unpaired) electrons. The fourth-order valence-corrected chi connectivity index (χ4v) is 2.88. The van der Waals surface area contributed by atoms with Crippen LogP contribution in [0.2, 0.25) is 0 Å². The Morgan fingerprint density at radius 3 is 3.05 bits per heavy atom. The zero-order valence-corrected chi connectivity index (χ0v) is 12.5. The van der Waals surface area contributed by atoms with Gasteiger partial charge in [0, 0.05) is 12.0 Å². The minimum atomic E-state index is 0. The Morgan fingerprint density at radius 1 is 1.24 bits per heavy atom. The van der Waals surface area contributed by atoms with Crippen molar-refractivity contribution in [1.29, 1.82) is 0 Å². The van der Waals surface area contributed by atoms with Crippen LogP contribution < -0.4 is 10.1 Å². The Bertz CT molecular complexity index is 623. The highest BCUT2D eigenvalue weighted by Gasteiger charge is 2.22. The molecule has 1 fully saturated rings. The molecule has 6 heteroatoms. The van der Waals surface area contributed by atoms with E-state index in [9.17, 15) is 0 Å². The molecule has 112 valence electrons. The summed E-state index contributed by atoms with van der Waals surface area (Å²) in [6.45, 7) is 1.79. The first-order chi connectivity index (χ1) is 9.90. The van der Waals surface area contributed by atoms with E-state index in [-0.39, 0.29) is 18.4 Å². The second-order valence-electron chi connectivity index (χ2n) is 5.38. The van der Waals surface area contributed by atoms with Crippen LogP contribution in [0.5, 0.6) is 5.75 Å². The summed E-state index contributed by atoms with van der Waals surface area (Å²) in [5.41, 5.74) is 2.23. The average Bonchev–Trinajstić information content (AvgIpc) is 3.16. The van der Waals surface area contributed by atoms with Crippen LogP contribution in [0, 0.1) is 0 Å². The Labute approximate surface area is 129 Å². The van der Waals surface area contributed by atoms with Crippen molar-refractivity contribution in [3.63, 3.8) is 0 Å². The zero-order valence-electron chi connectivity index (χ0n) is 11.7. The fourth-order valence-electron chi connectivity index (χ4n) is 2.88. The lowest BCUT2D eigenvalue weighted by molar-refractivity contribution is 0.297. The van der Waals surface area contributed by atoms with Gasteiger partial charge in [0.05, 0.1) is 12.6 Å². The van der Waals surface area contributed by atoms with Crippen LogP contribution in [0.25, 0.3) is 11.4 Å². The SMILES string of the molecule is Cl.c1cc2c(cc1-c1noc([C@H]3CCCCN3)n1)CCO2. The summed E-state index contributed by atoms with van der Waals surface area (Å²) < 4.78 is 10.9. The summed E-state index contributed by atoms with van der Waals surface area (Å²) in [7, 11) is 0. The van der Waals surface area contributed by atoms with Gasteiger partial charge in [-0.25, -0.2) is 0 Å². The molecular formula is C15H18ClN3O2. The molecule has 0 unspecified atom stereocenters. The Balaban J connectivity index is 0.00000132. The number of hydrogen-bond donors (Lipinski definition) is 1. The zero-order chi connectivity index (χ0) is 13.4. The lowest BCUT2D eigenvalue weighted by Crippen LogP contribution is -2.26. The highest BCUT2D eigenvalue weighted by Crippen LogP contribution is 2.30. The smallest absolute Gasteiger partial charge is 0.244 e. The van der Waals surface area contributed by atoms with E-state index in [0.717, 1.165) is 37.3 Å². The maximum absolute atomic E-state index is 5.52. The predicted molar refractivity (Wildman–Crippen MR) is 80.8 cm³/mol. The highest BCUT2D eigenvalue weighted by atomic mass is 35.5. The standard InChI is InChI=1S/C15H17N3O2.ClH/c1-2-7-16-12(3-1)15-17-14(18-20-15)11-4-5-13-10(9-11)6-8-19-13;/h4-5,9,12,16H,1-3,6-8H2;1H/t12-;/m1./s1. The quantitative estimate of drug-likeness (QED) is 0.924. The van der Waals surface area contributed by atoms with Gasteiger partial charge >= 0.3 is 0 Å². The number of hydrogen-bond acceptors (Lipinski definition) is 5. The largest absolute Gasteiger partial charge is 0.493 e. The number of ether oxygens (including phenoxy) is 1. The van der Waals surface area contributed by atoms with Gasteiger partial charge in [0.25, 0.3) is 0 Å². The van der Waals surface area contributed by atoms with E-state index >= 15 is 0 Å². The second kappa shape index (κ2) is 6.03. The lowest BCUT2D eigenvalue weighted by atomic mass is 10.1. The van der Waals surface area contributed by atoms with E-state index in [2.05, 4.69) is 21.5 Å². The van der Waals surface area contributed by atoms with Crippen molar-refractivity contribution in [1.82, 2.24) is 15.5 Å². The van der Waals surface area contributed by atoms with Crippen molar-refractivity contribution in [2.24, 2.45) is 0 Å². The van der Waals surface area contributed by atoms with Gasteiger partial charge in [0.15, 0.2) is 0 Å². The molecule has 21 heavy (non-hydrogen) atoms. The summed E-state index contributed by atoms with van der Waals surface area (Å²) in [4.78, 5) is 4.55. The minimum absolute atomic E-state index is 0. The molecule has 3 heterocycles. The predicted octanol–water partition coefficient (Wildman–Crippen LogP) is 2.91. The fraction of sp³-hybridized carbons (Fsp3) is 0.467. The van der Waals surface area contributed by atoms with Crippen LogP contribution in [0.15, 0.2) is 22.7 Å². The van der Waals surface area contributed by atoms with Gasteiger partial charge in [-0.2, -0.15) is 4.98 Å². The van der Waals surface area contributed by atoms with E-state index in [4.69, 9.17) is 9.26 Å². The summed E-state index contributed by atoms with van der Waals surface area (Å²) in [5.74, 6) is 2.35. The monoisotopic (exact) mass is 307 g/mol. The highest BCUT2D eigenvalue weighted by molar-refractivity contribution is 5.85. The van der Waals surface area contributed by atoms with Crippen molar-refractivity contribution < 1.29 is 9.26 Å². The molecule has 0 saturated carbocycles. The van der Waals surface area contributed by atoms with Gasteiger partial charge in [0.2, 0.25) is 11.7 Å². The van der Waals surface area contributed by atoms with E-state index < -0.39 is 0 Å². The van der Waals surface area contributed by atoms with Gasteiger partial charge < -0.3 is 14.6 Å². The van der Waals surface area contributed by atoms with Crippen LogP contribution in [0.3, 0.4) is 0 Å². The summed E-state index contributed by atoms with van der Waals surface area (Å²) in [5, 5.41) is 7.55. The Kier molecular flexibility index (Phi) is 4.12. The minimum Gasteiger partial charge on any atom is -0.493 e. The van der Waals surface area contributed by atoms with Crippen molar-refractivity contribution in [2.45, 2.75) is 31.7 Å². The maximum Gasteiger partial charge on any atom is 0.244 e. The van der Waals surface area contributed by atoms with Gasteiger partial charge in [-0.1, -0.05) is 11.6 Å². The summed E-state index contributed by atoms with van der Waals surface area (Å²) in [6, 6.07) is 6.30. The first kappa shape index (κ1) is 14.4. The first-order valence-electron chi connectivity index (χ1n) is 7.23. The normalized spacial score (nSPS) is 20.5. The number of aromatic nitrogens is 2. The molecule has 0 spiro atoms. The molecule has 1 N–H and O–H groups in total. The molecule has 1 aromatic heterocycles. The summed E-state index contributed by atoms with van der Waals surface area (Å²) >= 11 is 0. The molecule has 4 rings (SSSR count). The van der Waals surface area contributed by atoms with Gasteiger partial charge in [-0.05, 0) is 43.1 Å². The third-order valence-electron chi connectivity index (χ3n) is 4.00. The average molecular weight is 308 g/mol. The van der Waals surface area contributed by atoms with E-state index in [1.165, 1.54) is 18.4 Å². The van der Waals surface area contributed by atoms with Crippen molar-refractivity contribution in [2.75, 3.05) is 13.2 Å². The number of piperidine rings is 1. The molecular weight excluding hydrogens is 290 g/mol. The molecule has 1 atom stereocenters. The van der Waals surface area contributed by atoms with Crippen molar-refractivity contribution in [3.8, 4) is 17.1 Å². The molecule has 0 aliphatic carbocycles. The lowest BCUT2D eigenvalue weighted by Gasteiger charge is -2.19. The van der Waals surface area contributed by atoms with Gasteiger partial charge in [0.1, 0.15) is 5.75 Å². The number of nitrogens with zero attached hydrogens (tertiary/aromatic N) is 2. The third kappa shape index (κ3) is 2.76. The van der Waals surface area contributed by atoms with Crippen molar-refractivity contribution >= 4 is 12.4 Å². The number of rotatable bonds is 2. The maximum atomic E-state index is 5.52. The first-order valence-corrected chi connectivity index (χ1v) is 7.23. The van der Waals surface area contributed by atoms with Crippen LogP contribution in [-0.4, -0.2) is 23.3 Å². The van der Waals surface area contributed by atoms with Crippen LogP contribution in [0.4, 0.5) is 0 Å². The van der Waals surface area contributed by atoms with Crippen LogP contribution in [-0.2, 0) is 6.42 Å². The molecule has 2 aromatic rings. The van der Waals surface area contributed by atoms with Gasteiger partial charge in [-0.3, -0.25) is 0 Å². The molecule has 0 amide bonds. The summed E-state index contributed by atoms with van der Waals surface area (Å²) in [6.07, 6.45) is 4.46. The topological polar surface area (TPSA) is 60.2 Å². The molecule has 5 nitrogen and oxygen atoms in total. The molecule has 0 bridgehead atoms. The Morgan fingerprint density at radius 2 is 2.19 bits per heavy atom. The second-order valence-corrected chi connectivity index (χ2v) is 5.38. The van der Waals surface area contributed by atoms with Gasteiger partial charge in [-0.15, -0.1) is 12.4 Å². The van der Waals surface area contributed by atoms with E-state index in [0.29, 0.717) is 11.7 Å². The number of halogens is 1. The van der Waals surface area contributed by atoms with E-state index in [1.807, 2.05) is 12.1 Å². The molecule has 2 aliphatic rings. The number of fused-ring (bicyclic) bond motifs is 1. The molecule has 1 saturated heterocycles. The Hall–Kier alpha value is -1.59. The molecule has 2 aliphatic heterocycles. The number of nitrogens with one attached hydrogen (secondary N) is 1. The van der Waals surface area contributed by atoms with Crippen LogP contribution in [0.1, 0.15) is 36.8 Å². The van der Waals surface area contributed by atoms with Crippen molar-refractivity contribution in [3.05, 3.63) is 29.7 Å².